The van der Waals surface area contributed by atoms with Gasteiger partial charge in [0.2, 0.25) is 0 Å². The Bertz CT molecular complexity index is 836. The molecule has 1 unspecified atom stereocenters. The molecule has 172 valence electrons. The fourth-order valence-corrected chi connectivity index (χ4v) is 3.48. The SMILES string of the molecule is CCCCCN1CCC(COc2ccc(/C=C/c3ccccc3)cc2)C1.O=C(O)C(=O)O. The van der Waals surface area contributed by atoms with Crippen molar-refractivity contribution in [1.82, 2.24) is 4.90 Å². The van der Waals surface area contributed by atoms with E-state index in [-0.39, 0.29) is 0 Å². The molecule has 0 aromatic heterocycles. The van der Waals surface area contributed by atoms with Crippen LogP contribution in [0.5, 0.6) is 5.75 Å². The Morgan fingerprint density at radius 1 is 0.969 bits per heavy atom. The molecular formula is C26H33NO5. The summed E-state index contributed by atoms with van der Waals surface area (Å²) in [6.45, 7) is 6.79. The maximum Gasteiger partial charge on any atom is 0.414 e. The van der Waals surface area contributed by atoms with Gasteiger partial charge in [0.15, 0.2) is 0 Å². The average molecular weight is 440 g/mol. The topological polar surface area (TPSA) is 87.1 Å². The van der Waals surface area contributed by atoms with E-state index in [9.17, 15) is 0 Å². The molecule has 0 saturated carbocycles. The molecule has 1 aliphatic rings. The number of nitrogens with zero attached hydrogens (tertiary/aromatic N) is 1. The average Bonchev–Trinajstić information content (AvgIpc) is 3.26. The Morgan fingerprint density at radius 2 is 1.59 bits per heavy atom. The largest absolute Gasteiger partial charge is 0.493 e. The maximum atomic E-state index is 9.10. The van der Waals surface area contributed by atoms with Crippen molar-refractivity contribution in [2.24, 2.45) is 5.92 Å². The number of likely N-dealkylation sites (tertiary alicyclic amines) is 1. The van der Waals surface area contributed by atoms with Crippen molar-refractivity contribution in [3.05, 3.63) is 65.7 Å². The number of aliphatic carboxylic acids is 2. The number of ether oxygens (including phenoxy) is 1. The highest BCUT2D eigenvalue weighted by Crippen LogP contribution is 2.20. The monoisotopic (exact) mass is 439 g/mol. The van der Waals surface area contributed by atoms with E-state index in [1.54, 1.807) is 0 Å². The van der Waals surface area contributed by atoms with Crippen molar-refractivity contribution in [2.45, 2.75) is 32.6 Å². The molecule has 1 fully saturated rings. The second kappa shape index (κ2) is 14.0. The van der Waals surface area contributed by atoms with Gasteiger partial charge in [-0.3, -0.25) is 0 Å². The zero-order valence-corrected chi connectivity index (χ0v) is 18.7. The minimum absolute atomic E-state index is 0.675. The number of carboxylic acids is 2. The van der Waals surface area contributed by atoms with Gasteiger partial charge in [0.25, 0.3) is 0 Å². The second-order valence-corrected chi connectivity index (χ2v) is 7.90. The van der Waals surface area contributed by atoms with Crippen LogP contribution in [0.15, 0.2) is 54.6 Å². The maximum absolute atomic E-state index is 9.10. The van der Waals surface area contributed by atoms with Gasteiger partial charge in [0.05, 0.1) is 6.61 Å². The van der Waals surface area contributed by atoms with Gasteiger partial charge >= 0.3 is 11.9 Å². The molecule has 2 N–H and O–H groups in total. The first-order valence-corrected chi connectivity index (χ1v) is 11.1. The fourth-order valence-electron chi connectivity index (χ4n) is 3.48. The summed E-state index contributed by atoms with van der Waals surface area (Å²) >= 11 is 0. The molecule has 6 nitrogen and oxygen atoms in total. The summed E-state index contributed by atoms with van der Waals surface area (Å²) in [4.78, 5) is 20.8. The van der Waals surface area contributed by atoms with E-state index >= 15 is 0 Å². The van der Waals surface area contributed by atoms with E-state index in [4.69, 9.17) is 24.5 Å². The highest BCUT2D eigenvalue weighted by molar-refractivity contribution is 6.27. The number of carbonyl (C=O) groups is 2. The lowest BCUT2D eigenvalue weighted by Gasteiger charge is -2.16. The molecule has 1 atom stereocenters. The van der Waals surface area contributed by atoms with Crippen molar-refractivity contribution < 1.29 is 24.5 Å². The third-order valence-electron chi connectivity index (χ3n) is 5.26. The first kappa shape index (κ1) is 25.1. The van der Waals surface area contributed by atoms with Gasteiger partial charge in [-0.05, 0) is 49.2 Å². The van der Waals surface area contributed by atoms with Gasteiger partial charge in [0.1, 0.15) is 5.75 Å². The van der Waals surface area contributed by atoms with Gasteiger partial charge in [-0.2, -0.15) is 0 Å². The van der Waals surface area contributed by atoms with E-state index in [0.29, 0.717) is 5.92 Å². The smallest absolute Gasteiger partial charge is 0.414 e. The van der Waals surface area contributed by atoms with Crippen LogP contribution < -0.4 is 4.74 Å². The van der Waals surface area contributed by atoms with Crippen LogP contribution in [0.25, 0.3) is 12.2 Å². The Hall–Kier alpha value is -3.12. The van der Waals surface area contributed by atoms with Gasteiger partial charge < -0.3 is 19.8 Å². The molecule has 1 heterocycles. The van der Waals surface area contributed by atoms with Crippen LogP contribution in [-0.2, 0) is 9.59 Å². The van der Waals surface area contributed by atoms with Crippen molar-refractivity contribution >= 4 is 24.1 Å². The Kier molecular flexibility index (Phi) is 11.0. The number of benzene rings is 2. The molecule has 2 aromatic carbocycles. The second-order valence-electron chi connectivity index (χ2n) is 7.90. The van der Waals surface area contributed by atoms with Crippen LogP contribution in [0, 0.1) is 5.92 Å². The fraction of sp³-hybridized carbons (Fsp3) is 0.385. The first-order chi connectivity index (χ1) is 15.5. The molecule has 3 rings (SSSR count). The van der Waals surface area contributed by atoms with Gasteiger partial charge in [-0.1, -0.05) is 74.4 Å². The highest BCUT2D eigenvalue weighted by atomic mass is 16.5. The number of rotatable bonds is 9. The summed E-state index contributed by atoms with van der Waals surface area (Å²) in [6, 6.07) is 18.8. The summed E-state index contributed by atoms with van der Waals surface area (Å²) in [6.07, 6.45) is 9.54. The quantitative estimate of drug-likeness (QED) is 0.328. The molecule has 0 aliphatic carbocycles. The minimum Gasteiger partial charge on any atom is -0.493 e. The van der Waals surface area contributed by atoms with Crippen molar-refractivity contribution in [1.29, 1.82) is 0 Å². The molecule has 0 spiro atoms. The lowest BCUT2D eigenvalue weighted by atomic mass is 10.1. The molecule has 0 radical (unpaired) electrons. The number of hydrogen-bond donors (Lipinski definition) is 2. The van der Waals surface area contributed by atoms with Crippen LogP contribution in [0.3, 0.4) is 0 Å². The highest BCUT2D eigenvalue weighted by Gasteiger charge is 2.22. The van der Waals surface area contributed by atoms with Gasteiger partial charge in [-0.15, -0.1) is 0 Å². The molecule has 0 bridgehead atoms. The first-order valence-electron chi connectivity index (χ1n) is 11.1. The van der Waals surface area contributed by atoms with E-state index in [1.165, 1.54) is 56.4 Å². The van der Waals surface area contributed by atoms with Gasteiger partial charge in [-0.25, -0.2) is 9.59 Å². The summed E-state index contributed by atoms with van der Waals surface area (Å²) in [5.41, 5.74) is 2.42. The Labute approximate surface area is 190 Å². The lowest BCUT2D eigenvalue weighted by molar-refractivity contribution is -0.159. The number of hydrogen-bond acceptors (Lipinski definition) is 4. The summed E-state index contributed by atoms with van der Waals surface area (Å²) in [7, 11) is 0. The third kappa shape index (κ3) is 9.79. The van der Waals surface area contributed by atoms with Crippen molar-refractivity contribution in [3.8, 4) is 5.75 Å². The standard InChI is InChI=1S/C24H31NO.C2H2O4/c1-2-3-7-17-25-18-16-23(19-25)20-26-24-14-12-22(13-15-24)11-10-21-8-5-4-6-9-21;3-1(4)2(5)6/h4-6,8-15,23H,2-3,7,16-20H2,1H3;(H,3,4)(H,5,6)/b11-10+;. The molecule has 0 amide bonds. The predicted octanol–water partition coefficient (Wildman–Crippen LogP) is 4.90. The Morgan fingerprint density at radius 3 is 2.19 bits per heavy atom. The number of unbranched alkanes of at least 4 members (excludes halogenated alkanes) is 2. The molecule has 1 aliphatic heterocycles. The lowest BCUT2D eigenvalue weighted by Crippen LogP contribution is -2.23. The van der Waals surface area contributed by atoms with E-state index in [0.717, 1.165) is 12.4 Å². The summed E-state index contributed by atoms with van der Waals surface area (Å²) < 4.78 is 6.03. The van der Waals surface area contributed by atoms with E-state index in [1.807, 2.05) is 6.07 Å². The van der Waals surface area contributed by atoms with Crippen LogP contribution in [0.1, 0.15) is 43.7 Å². The Balaban J connectivity index is 0.000000534. The van der Waals surface area contributed by atoms with E-state index < -0.39 is 11.9 Å². The zero-order chi connectivity index (χ0) is 23.2. The molecule has 2 aromatic rings. The molecule has 32 heavy (non-hydrogen) atoms. The molecular weight excluding hydrogens is 406 g/mol. The van der Waals surface area contributed by atoms with Gasteiger partial charge in [0, 0.05) is 12.5 Å². The van der Waals surface area contributed by atoms with Crippen LogP contribution >= 0.6 is 0 Å². The predicted molar refractivity (Wildman–Crippen MR) is 127 cm³/mol. The van der Waals surface area contributed by atoms with Crippen LogP contribution in [0.2, 0.25) is 0 Å². The van der Waals surface area contributed by atoms with Crippen molar-refractivity contribution in [2.75, 3.05) is 26.2 Å². The minimum atomic E-state index is -1.82. The number of carboxylic acid groups (broad SMARTS) is 2. The normalized spacial score (nSPS) is 15.8. The summed E-state index contributed by atoms with van der Waals surface area (Å²) in [5.74, 6) is -1.99. The summed E-state index contributed by atoms with van der Waals surface area (Å²) in [5, 5.41) is 14.8. The zero-order valence-electron chi connectivity index (χ0n) is 18.7. The van der Waals surface area contributed by atoms with Crippen molar-refractivity contribution in [3.63, 3.8) is 0 Å². The van der Waals surface area contributed by atoms with E-state index in [2.05, 4.69) is 72.5 Å². The third-order valence-corrected chi connectivity index (χ3v) is 5.26. The van der Waals surface area contributed by atoms with Crippen LogP contribution in [0.4, 0.5) is 0 Å². The molecule has 1 saturated heterocycles. The molecule has 6 heteroatoms. The van der Waals surface area contributed by atoms with Crippen LogP contribution in [-0.4, -0.2) is 53.3 Å².